The normalized spacial score (nSPS) is 24.0. The number of rotatable bonds is 2. The SMILES string of the molecule is O=C(c1cccc(=O)[nH]1)N1CCC(N2CCOCC2)C1. The smallest absolute Gasteiger partial charge is 0.270 e. The van der Waals surface area contributed by atoms with Crippen molar-refractivity contribution in [3.05, 3.63) is 34.2 Å². The minimum atomic E-state index is -0.236. The van der Waals surface area contributed by atoms with E-state index in [4.69, 9.17) is 4.74 Å². The fourth-order valence-corrected chi connectivity index (χ4v) is 2.91. The Morgan fingerprint density at radius 1 is 1.25 bits per heavy atom. The first-order chi connectivity index (χ1) is 9.74. The van der Waals surface area contributed by atoms with Crippen LogP contribution in [0.5, 0.6) is 0 Å². The highest BCUT2D eigenvalue weighted by Crippen LogP contribution is 2.18. The monoisotopic (exact) mass is 277 g/mol. The lowest BCUT2D eigenvalue weighted by Gasteiger charge is -2.32. The van der Waals surface area contributed by atoms with Gasteiger partial charge >= 0.3 is 0 Å². The van der Waals surface area contributed by atoms with E-state index in [2.05, 4.69) is 9.88 Å². The molecule has 0 aromatic carbocycles. The van der Waals surface area contributed by atoms with Gasteiger partial charge in [-0.3, -0.25) is 14.5 Å². The van der Waals surface area contributed by atoms with Crippen LogP contribution in [0.3, 0.4) is 0 Å². The van der Waals surface area contributed by atoms with Crippen molar-refractivity contribution in [3.63, 3.8) is 0 Å². The molecule has 6 nitrogen and oxygen atoms in total. The zero-order valence-electron chi connectivity index (χ0n) is 11.4. The number of ether oxygens (including phenoxy) is 1. The molecule has 2 saturated heterocycles. The first-order valence-corrected chi connectivity index (χ1v) is 7.04. The number of hydrogen-bond acceptors (Lipinski definition) is 4. The molecule has 1 unspecified atom stereocenters. The highest BCUT2D eigenvalue weighted by molar-refractivity contribution is 5.92. The van der Waals surface area contributed by atoms with Crippen molar-refractivity contribution in [1.82, 2.24) is 14.8 Å². The lowest BCUT2D eigenvalue weighted by atomic mass is 10.2. The van der Waals surface area contributed by atoms with E-state index in [1.807, 2.05) is 4.90 Å². The summed E-state index contributed by atoms with van der Waals surface area (Å²) in [6.07, 6.45) is 0.989. The van der Waals surface area contributed by atoms with Gasteiger partial charge in [-0.05, 0) is 12.5 Å². The maximum atomic E-state index is 12.3. The molecule has 2 aliphatic rings. The molecule has 6 heteroatoms. The summed E-state index contributed by atoms with van der Waals surface area (Å²) < 4.78 is 5.35. The zero-order valence-corrected chi connectivity index (χ0v) is 11.4. The summed E-state index contributed by atoms with van der Waals surface area (Å²) >= 11 is 0. The van der Waals surface area contributed by atoms with Crippen LogP contribution >= 0.6 is 0 Å². The number of amides is 1. The Kier molecular flexibility index (Phi) is 3.84. The average molecular weight is 277 g/mol. The first kappa shape index (κ1) is 13.3. The van der Waals surface area contributed by atoms with Crippen LogP contribution in [0.2, 0.25) is 0 Å². The molecule has 108 valence electrons. The van der Waals surface area contributed by atoms with E-state index in [1.165, 1.54) is 6.07 Å². The van der Waals surface area contributed by atoms with E-state index in [9.17, 15) is 9.59 Å². The van der Waals surface area contributed by atoms with Crippen molar-refractivity contribution < 1.29 is 9.53 Å². The number of hydrogen-bond donors (Lipinski definition) is 1. The molecule has 1 aromatic rings. The van der Waals surface area contributed by atoms with Gasteiger partial charge < -0.3 is 14.6 Å². The highest BCUT2D eigenvalue weighted by atomic mass is 16.5. The molecular formula is C14H19N3O3. The second-order valence-electron chi connectivity index (χ2n) is 5.27. The molecule has 20 heavy (non-hydrogen) atoms. The summed E-state index contributed by atoms with van der Waals surface area (Å²) in [5, 5.41) is 0. The molecular weight excluding hydrogens is 258 g/mol. The molecule has 0 bridgehead atoms. The number of aromatic amines is 1. The van der Waals surface area contributed by atoms with Crippen LogP contribution in [0, 0.1) is 0 Å². The van der Waals surface area contributed by atoms with Crippen molar-refractivity contribution in [3.8, 4) is 0 Å². The minimum Gasteiger partial charge on any atom is -0.379 e. The molecule has 3 rings (SSSR count). The van der Waals surface area contributed by atoms with E-state index in [0.717, 1.165) is 45.8 Å². The zero-order chi connectivity index (χ0) is 13.9. The van der Waals surface area contributed by atoms with Crippen LogP contribution in [0.4, 0.5) is 0 Å². The van der Waals surface area contributed by atoms with Gasteiger partial charge in [0.1, 0.15) is 5.69 Å². The molecule has 2 fully saturated rings. The molecule has 1 amide bonds. The van der Waals surface area contributed by atoms with Crippen LogP contribution in [0.1, 0.15) is 16.9 Å². The number of nitrogens with zero attached hydrogens (tertiary/aromatic N) is 2. The number of pyridine rings is 1. The molecule has 3 heterocycles. The lowest BCUT2D eigenvalue weighted by molar-refractivity contribution is 0.0185. The number of nitrogens with one attached hydrogen (secondary N) is 1. The molecule has 0 radical (unpaired) electrons. The average Bonchev–Trinajstić information content (AvgIpc) is 2.97. The van der Waals surface area contributed by atoms with E-state index in [1.54, 1.807) is 12.1 Å². The summed E-state index contributed by atoms with van der Waals surface area (Å²) in [7, 11) is 0. The fourth-order valence-electron chi connectivity index (χ4n) is 2.91. The van der Waals surface area contributed by atoms with Gasteiger partial charge in [0.2, 0.25) is 5.56 Å². The number of carbonyl (C=O) groups is 1. The van der Waals surface area contributed by atoms with Gasteiger partial charge in [0.25, 0.3) is 5.91 Å². The summed E-state index contributed by atoms with van der Waals surface area (Å²) in [5.74, 6) is -0.0848. The summed E-state index contributed by atoms with van der Waals surface area (Å²) in [6.45, 7) is 4.91. The van der Waals surface area contributed by atoms with Crippen LogP contribution in [-0.2, 0) is 4.74 Å². The Morgan fingerprint density at radius 3 is 2.80 bits per heavy atom. The molecule has 2 aliphatic heterocycles. The topological polar surface area (TPSA) is 65.6 Å². The van der Waals surface area contributed by atoms with Crippen LogP contribution in [-0.4, -0.2) is 66.1 Å². The highest BCUT2D eigenvalue weighted by Gasteiger charge is 2.31. The molecule has 0 saturated carbocycles. The minimum absolute atomic E-state index is 0.0848. The predicted octanol–water partition coefficient (Wildman–Crippen LogP) is -0.0784. The molecule has 1 N–H and O–H groups in total. The van der Waals surface area contributed by atoms with Crippen molar-refractivity contribution in [2.75, 3.05) is 39.4 Å². The Morgan fingerprint density at radius 2 is 2.05 bits per heavy atom. The van der Waals surface area contributed by atoms with E-state index in [-0.39, 0.29) is 11.5 Å². The number of aromatic nitrogens is 1. The van der Waals surface area contributed by atoms with E-state index >= 15 is 0 Å². The molecule has 1 aromatic heterocycles. The van der Waals surface area contributed by atoms with E-state index in [0.29, 0.717) is 11.7 Å². The quantitative estimate of drug-likeness (QED) is 0.821. The second kappa shape index (κ2) is 5.76. The van der Waals surface area contributed by atoms with Crippen molar-refractivity contribution in [2.45, 2.75) is 12.5 Å². The standard InChI is InChI=1S/C14H19N3O3/c18-13-3-1-2-12(15-13)14(19)17-5-4-11(10-17)16-6-8-20-9-7-16/h1-3,11H,4-10H2,(H,15,18). The number of morpholine rings is 1. The van der Waals surface area contributed by atoms with Crippen LogP contribution in [0.15, 0.2) is 23.0 Å². The number of likely N-dealkylation sites (tertiary alicyclic amines) is 1. The van der Waals surface area contributed by atoms with Gasteiger partial charge in [-0.1, -0.05) is 6.07 Å². The maximum Gasteiger partial charge on any atom is 0.270 e. The Balaban J connectivity index is 1.64. The summed E-state index contributed by atoms with van der Waals surface area (Å²) in [4.78, 5) is 30.4. The predicted molar refractivity (Wildman–Crippen MR) is 73.8 cm³/mol. The molecule has 1 atom stereocenters. The van der Waals surface area contributed by atoms with Gasteiger partial charge in [0.05, 0.1) is 13.2 Å². The first-order valence-electron chi connectivity index (χ1n) is 7.04. The third kappa shape index (κ3) is 2.76. The Labute approximate surface area is 117 Å². The van der Waals surface area contributed by atoms with Crippen molar-refractivity contribution in [1.29, 1.82) is 0 Å². The van der Waals surface area contributed by atoms with Crippen LogP contribution < -0.4 is 5.56 Å². The Bertz CT molecular complexity index is 536. The second-order valence-corrected chi connectivity index (χ2v) is 5.27. The van der Waals surface area contributed by atoms with Gasteiger partial charge in [-0.25, -0.2) is 0 Å². The summed E-state index contributed by atoms with van der Waals surface area (Å²) in [5.41, 5.74) is 0.139. The maximum absolute atomic E-state index is 12.3. The van der Waals surface area contributed by atoms with Gasteiger partial charge in [-0.15, -0.1) is 0 Å². The molecule has 0 aliphatic carbocycles. The largest absolute Gasteiger partial charge is 0.379 e. The van der Waals surface area contributed by atoms with Crippen molar-refractivity contribution >= 4 is 5.91 Å². The number of H-pyrrole nitrogens is 1. The number of carbonyl (C=O) groups excluding carboxylic acids is 1. The fraction of sp³-hybridized carbons (Fsp3) is 0.571. The third-order valence-corrected chi connectivity index (χ3v) is 4.01. The van der Waals surface area contributed by atoms with Crippen molar-refractivity contribution in [2.24, 2.45) is 0 Å². The van der Waals surface area contributed by atoms with Gasteiger partial charge in [0, 0.05) is 38.3 Å². The van der Waals surface area contributed by atoms with Gasteiger partial charge in [-0.2, -0.15) is 0 Å². The summed E-state index contributed by atoms with van der Waals surface area (Å²) in [6, 6.07) is 5.10. The third-order valence-electron chi connectivity index (χ3n) is 4.01. The van der Waals surface area contributed by atoms with E-state index < -0.39 is 0 Å². The molecule has 0 spiro atoms. The lowest BCUT2D eigenvalue weighted by Crippen LogP contribution is -2.45. The van der Waals surface area contributed by atoms with Crippen LogP contribution in [0.25, 0.3) is 0 Å². The Hall–Kier alpha value is -1.66. The van der Waals surface area contributed by atoms with Gasteiger partial charge in [0.15, 0.2) is 0 Å².